The zero-order chi connectivity index (χ0) is 18.9. The average Bonchev–Trinajstić information content (AvgIpc) is 2.69. The van der Waals surface area contributed by atoms with Crippen LogP contribution in [0.4, 0.5) is 0 Å². The molecule has 0 unspecified atom stereocenters. The van der Waals surface area contributed by atoms with Gasteiger partial charge in [-0.25, -0.2) is 0 Å². The van der Waals surface area contributed by atoms with Crippen molar-refractivity contribution in [3.8, 4) is 5.75 Å². The van der Waals surface area contributed by atoms with Crippen LogP contribution in [0.25, 0.3) is 0 Å². The van der Waals surface area contributed by atoms with Crippen molar-refractivity contribution in [2.45, 2.75) is 46.0 Å². The fraction of sp³-hybridized carbons (Fsp3) is 0.619. The van der Waals surface area contributed by atoms with Crippen LogP contribution in [0.1, 0.15) is 45.1 Å². The van der Waals surface area contributed by atoms with Crippen molar-refractivity contribution in [1.82, 2.24) is 10.2 Å². The van der Waals surface area contributed by atoms with Gasteiger partial charge in [0.25, 0.3) is 0 Å². The maximum absolute atomic E-state index is 12.4. The van der Waals surface area contributed by atoms with Gasteiger partial charge in [-0.3, -0.25) is 9.59 Å². The normalized spacial score (nSPS) is 19.7. The third-order valence-electron chi connectivity index (χ3n) is 5.39. The van der Waals surface area contributed by atoms with E-state index in [0.29, 0.717) is 6.54 Å². The van der Waals surface area contributed by atoms with Gasteiger partial charge >= 0.3 is 0 Å². The molecule has 0 spiro atoms. The first-order chi connectivity index (χ1) is 12.6. The largest absolute Gasteiger partial charge is 0.497 e. The van der Waals surface area contributed by atoms with Crippen molar-refractivity contribution >= 4 is 11.8 Å². The summed E-state index contributed by atoms with van der Waals surface area (Å²) in [5, 5.41) is 3.05. The van der Waals surface area contributed by atoms with Crippen LogP contribution in [0.3, 0.4) is 0 Å². The number of benzene rings is 1. The van der Waals surface area contributed by atoms with Crippen molar-refractivity contribution in [3.63, 3.8) is 0 Å². The molecule has 1 aliphatic rings. The summed E-state index contributed by atoms with van der Waals surface area (Å²) in [4.78, 5) is 26.7. The Bertz CT molecular complexity index is 573. The number of rotatable bonds is 8. The minimum absolute atomic E-state index is 0.0478. The smallest absolute Gasteiger partial charge is 0.225 e. The van der Waals surface area contributed by atoms with Gasteiger partial charge in [-0.05, 0) is 63.6 Å². The molecule has 144 valence electrons. The van der Waals surface area contributed by atoms with Gasteiger partial charge in [0.15, 0.2) is 0 Å². The van der Waals surface area contributed by atoms with E-state index in [2.05, 4.69) is 5.32 Å². The molecule has 0 aromatic heterocycles. The van der Waals surface area contributed by atoms with Gasteiger partial charge in [-0.15, -0.1) is 0 Å². The SMILES string of the molecule is CCN(CC)C(=O)C1CCC(C(=O)NCCc2ccc(OC)cc2)CC1. The maximum atomic E-state index is 12.4. The molecule has 1 fully saturated rings. The molecule has 0 aliphatic heterocycles. The second-order valence-corrected chi connectivity index (χ2v) is 6.95. The Kier molecular flexibility index (Phi) is 7.95. The topological polar surface area (TPSA) is 58.6 Å². The highest BCUT2D eigenvalue weighted by Gasteiger charge is 2.31. The zero-order valence-corrected chi connectivity index (χ0v) is 16.3. The van der Waals surface area contributed by atoms with Crippen LogP contribution in [0, 0.1) is 11.8 Å². The summed E-state index contributed by atoms with van der Waals surface area (Å²) in [7, 11) is 1.65. The number of nitrogens with one attached hydrogen (secondary N) is 1. The Morgan fingerprint density at radius 2 is 1.62 bits per heavy atom. The summed E-state index contributed by atoms with van der Waals surface area (Å²) in [6, 6.07) is 7.92. The van der Waals surface area contributed by atoms with Crippen molar-refractivity contribution in [3.05, 3.63) is 29.8 Å². The summed E-state index contributed by atoms with van der Waals surface area (Å²) in [5.41, 5.74) is 1.18. The summed E-state index contributed by atoms with van der Waals surface area (Å²) in [6.07, 6.45) is 4.08. The van der Waals surface area contributed by atoms with E-state index in [1.54, 1.807) is 7.11 Å². The van der Waals surface area contributed by atoms with Gasteiger partial charge in [0.2, 0.25) is 11.8 Å². The standard InChI is InChI=1S/C21H32N2O3/c1-4-23(5-2)21(25)18-10-8-17(9-11-18)20(24)22-15-14-16-6-12-19(26-3)13-7-16/h6-7,12-13,17-18H,4-5,8-11,14-15H2,1-3H3,(H,22,24). The van der Waals surface area contributed by atoms with E-state index in [1.165, 1.54) is 5.56 Å². The fourth-order valence-electron chi connectivity index (χ4n) is 3.66. The van der Waals surface area contributed by atoms with Gasteiger partial charge in [0.05, 0.1) is 7.11 Å². The van der Waals surface area contributed by atoms with E-state index in [9.17, 15) is 9.59 Å². The lowest BCUT2D eigenvalue weighted by molar-refractivity contribution is -0.138. The van der Waals surface area contributed by atoms with Gasteiger partial charge in [-0.1, -0.05) is 12.1 Å². The lowest BCUT2D eigenvalue weighted by Crippen LogP contribution is -2.40. The average molecular weight is 360 g/mol. The van der Waals surface area contributed by atoms with E-state index < -0.39 is 0 Å². The lowest BCUT2D eigenvalue weighted by Gasteiger charge is -2.30. The molecule has 1 aromatic rings. The molecule has 1 N–H and O–H groups in total. The van der Waals surface area contributed by atoms with Crippen molar-refractivity contribution in [1.29, 1.82) is 0 Å². The molecule has 0 atom stereocenters. The molecular formula is C21H32N2O3. The van der Waals surface area contributed by atoms with Gasteiger partial charge in [-0.2, -0.15) is 0 Å². The molecule has 2 amide bonds. The first-order valence-corrected chi connectivity index (χ1v) is 9.78. The Hall–Kier alpha value is -2.04. The second-order valence-electron chi connectivity index (χ2n) is 6.95. The number of hydrogen-bond donors (Lipinski definition) is 1. The number of hydrogen-bond acceptors (Lipinski definition) is 3. The molecular weight excluding hydrogens is 328 g/mol. The van der Waals surface area contributed by atoms with E-state index in [0.717, 1.165) is 50.9 Å². The third kappa shape index (κ3) is 5.48. The Balaban J connectivity index is 1.71. The summed E-state index contributed by atoms with van der Waals surface area (Å²) in [6.45, 7) is 6.21. The Morgan fingerprint density at radius 1 is 1.04 bits per heavy atom. The van der Waals surface area contributed by atoms with E-state index >= 15 is 0 Å². The number of amides is 2. The van der Waals surface area contributed by atoms with Crippen molar-refractivity contribution < 1.29 is 14.3 Å². The minimum atomic E-state index is 0.0478. The Labute approximate surface area is 157 Å². The van der Waals surface area contributed by atoms with Crippen LogP contribution in [0.5, 0.6) is 5.75 Å². The van der Waals surface area contributed by atoms with Gasteiger partial charge in [0, 0.05) is 31.5 Å². The molecule has 1 aliphatic carbocycles. The molecule has 5 heteroatoms. The summed E-state index contributed by atoms with van der Waals surface area (Å²) >= 11 is 0. The predicted octanol–water partition coefficient (Wildman–Crippen LogP) is 3.03. The van der Waals surface area contributed by atoms with Crippen LogP contribution < -0.4 is 10.1 Å². The van der Waals surface area contributed by atoms with E-state index in [4.69, 9.17) is 4.74 Å². The van der Waals surface area contributed by atoms with Crippen molar-refractivity contribution in [2.24, 2.45) is 11.8 Å². The Morgan fingerprint density at radius 3 is 2.15 bits per heavy atom. The number of carbonyl (C=O) groups excluding carboxylic acids is 2. The van der Waals surface area contributed by atoms with E-state index in [1.807, 2.05) is 43.0 Å². The van der Waals surface area contributed by atoms with Crippen LogP contribution >= 0.6 is 0 Å². The summed E-state index contributed by atoms with van der Waals surface area (Å²) in [5.74, 6) is 1.37. The fourth-order valence-corrected chi connectivity index (χ4v) is 3.66. The first kappa shape index (κ1) is 20.3. The highest BCUT2D eigenvalue weighted by atomic mass is 16.5. The first-order valence-electron chi connectivity index (χ1n) is 9.78. The molecule has 0 bridgehead atoms. The predicted molar refractivity (Wildman–Crippen MR) is 103 cm³/mol. The molecule has 26 heavy (non-hydrogen) atoms. The van der Waals surface area contributed by atoms with Crippen molar-refractivity contribution in [2.75, 3.05) is 26.7 Å². The molecule has 1 saturated carbocycles. The molecule has 2 rings (SSSR count). The highest BCUT2D eigenvalue weighted by Crippen LogP contribution is 2.30. The number of carbonyl (C=O) groups is 2. The molecule has 1 aromatic carbocycles. The van der Waals surface area contributed by atoms with Gasteiger partial charge < -0.3 is 15.0 Å². The quantitative estimate of drug-likeness (QED) is 0.775. The van der Waals surface area contributed by atoms with Gasteiger partial charge in [0.1, 0.15) is 5.75 Å². The molecule has 0 saturated heterocycles. The number of methoxy groups -OCH3 is 1. The molecule has 5 nitrogen and oxygen atoms in total. The van der Waals surface area contributed by atoms with E-state index in [-0.39, 0.29) is 23.7 Å². The number of ether oxygens (including phenoxy) is 1. The summed E-state index contributed by atoms with van der Waals surface area (Å²) < 4.78 is 5.15. The maximum Gasteiger partial charge on any atom is 0.225 e. The van der Waals surface area contributed by atoms with Crippen LogP contribution in [0.15, 0.2) is 24.3 Å². The lowest BCUT2D eigenvalue weighted by atomic mass is 9.81. The van der Waals surface area contributed by atoms with Crippen LogP contribution in [-0.4, -0.2) is 43.5 Å². The van der Waals surface area contributed by atoms with Crippen LogP contribution in [-0.2, 0) is 16.0 Å². The molecule has 0 radical (unpaired) electrons. The molecule has 0 heterocycles. The van der Waals surface area contributed by atoms with Crippen LogP contribution in [0.2, 0.25) is 0 Å². The monoisotopic (exact) mass is 360 g/mol. The second kappa shape index (κ2) is 10.2. The number of nitrogens with zero attached hydrogens (tertiary/aromatic N) is 1. The minimum Gasteiger partial charge on any atom is -0.497 e. The highest BCUT2D eigenvalue weighted by molar-refractivity contribution is 5.81. The third-order valence-corrected chi connectivity index (χ3v) is 5.39. The zero-order valence-electron chi connectivity index (χ0n) is 16.3.